The molecule has 0 fully saturated rings. The van der Waals surface area contributed by atoms with Crippen molar-refractivity contribution in [2.75, 3.05) is 12.8 Å². The highest BCUT2D eigenvalue weighted by molar-refractivity contribution is 7.88. The van der Waals surface area contributed by atoms with E-state index in [4.69, 9.17) is 5.26 Å². The number of unbranched alkanes of at least 4 members (excludes halogenated alkanes) is 1. The molecule has 0 saturated heterocycles. The smallest absolute Gasteiger partial charge is 0.427 e. The van der Waals surface area contributed by atoms with E-state index in [9.17, 15) is 28.1 Å². The molecule has 0 saturated carbocycles. The highest BCUT2D eigenvalue weighted by atomic mass is 32.2. The monoisotopic (exact) mass is 492 g/mol. The molecule has 1 aromatic rings. The van der Waals surface area contributed by atoms with Gasteiger partial charge in [-0.25, -0.2) is 13.1 Å². The largest absolute Gasteiger partial charge is 0.453 e. The topological polar surface area (TPSA) is 169 Å². The molecule has 5 N–H and O–H groups in total. The lowest BCUT2D eigenvalue weighted by atomic mass is 9.79. The summed E-state index contributed by atoms with van der Waals surface area (Å²) < 4.78 is 25.9. The highest BCUT2D eigenvalue weighted by Gasteiger charge is 2.27. The molecule has 1 rings (SSSR count). The third-order valence-corrected chi connectivity index (χ3v) is 5.42. The van der Waals surface area contributed by atoms with Crippen molar-refractivity contribution in [3.05, 3.63) is 47.5 Å². The van der Waals surface area contributed by atoms with E-state index < -0.39 is 41.0 Å². The minimum Gasteiger partial charge on any atom is -0.427 e. The number of nitrogens with zero attached hydrogens (tertiary/aromatic N) is 1. The molecule has 0 unspecified atom stereocenters. The molecule has 0 aliphatic rings. The van der Waals surface area contributed by atoms with Crippen LogP contribution in [0.15, 0.2) is 42.0 Å². The number of benzene rings is 1. The molecule has 0 radical (unpaired) electrons. The Bertz CT molecular complexity index is 977. The number of allylic oxidation sites excluding steroid dienone is 1. The Balaban J connectivity index is 2.74. The molecule has 0 heterocycles. The average molecular weight is 492 g/mol. The lowest BCUT2D eigenvalue weighted by Crippen LogP contribution is -2.47. The van der Waals surface area contributed by atoms with E-state index in [0.717, 1.165) is 6.26 Å². The molecule has 1 aromatic carbocycles. The minimum absolute atomic E-state index is 0.0315. The molecule has 12 heteroatoms. The summed E-state index contributed by atoms with van der Waals surface area (Å²) in [6, 6.07) is 8.76. The van der Waals surface area contributed by atoms with E-state index in [0.29, 0.717) is 18.4 Å². The van der Waals surface area contributed by atoms with Crippen molar-refractivity contribution < 1.29 is 28.1 Å². The molecule has 34 heavy (non-hydrogen) atoms. The molecule has 10 nitrogen and oxygen atoms in total. The molecule has 2 atom stereocenters. The highest BCUT2D eigenvalue weighted by Crippen LogP contribution is 2.18. The van der Waals surface area contributed by atoms with E-state index in [1.54, 1.807) is 36.4 Å². The van der Waals surface area contributed by atoms with Crippen molar-refractivity contribution in [3.63, 3.8) is 0 Å². The van der Waals surface area contributed by atoms with Crippen molar-refractivity contribution in [2.45, 2.75) is 51.5 Å². The number of hydrogen-bond donors (Lipinski definition) is 5. The van der Waals surface area contributed by atoms with Crippen LogP contribution in [0, 0.1) is 17.2 Å². The Hall–Kier alpha value is -2.72. The maximum absolute atomic E-state index is 12.9. The number of amides is 2. The lowest BCUT2D eigenvalue weighted by molar-refractivity contribution is -0.123. The van der Waals surface area contributed by atoms with Crippen LogP contribution in [0.25, 0.3) is 0 Å². The molecule has 0 aliphatic heterocycles. The fraction of sp³-hybridized carbons (Fsp3) is 0.500. The molecule has 0 bridgehead atoms. The summed E-state index contributed by atoms with van der Waals surface area (Å²) in [7, 11) is -5.37. The summed E-state index contributed by atoms with van der Waals surface area (Å²) in [6.07, 6.45) is 3.37. The Morgan fingerprint density at radius 1 is 1.18 bits per heavy atom. The number of sulfonamides is 1. The molecule has 0 aromatic heterocycles. The second-order valence-electron chi connectivity index (χ2n) is 8.32. The molecular weight excluding hydrogens is 459 g/mol. The van der Waals surface area contributed by atoms with Gasteiger partial charge in [-0.3, -0.25) is 9.59 Å². The van der Waals surface area contributed by atoms with Crippen molar-refractivity contribution in [3.8, 4) is 6.07 Å². The van der Waals surface area contributed by atoms with Crippen LogP contribution in [0.4, 0.5) is 0 Å². The first-order valence-corrected chi connectivity index (χ1v) is 12.9. The Labute approximate surface area is 201 Å². The van der Waals surface area contributed by atoms with Crippen LogP contribution in [0.3, 0.4) is 0 Å². The van der Waals surface area contributed by atoms with Gasteiger partial charge >= 0.3 is 7.12 Å². The molecular formula is C22H33BN4O6S. The number of nitrogens with one attached hydrogen (secondary N) is 3. The van der Waals surface area contributed by atoms with Crippen molar-refractivity contribution in [1.82, 2.24) is 15.4 Å². The summed E-state index contributed by atoms with van der Waals surface area (Å²) in [4.78, 5) is 24.9. The standard InChI is InChI=1S/C22H33BN4O6S/c1-16(2)13-18(15-24)21(28)25-12-8-7-11-19(27-34(3,32)33)22(29)26-20(14-23(30)31)17-9-5-4-6-10-17/h4-6,9-10,13,16,19-20,27,30-31H,7-8,11-12,14H2,1-3H3,(H,25,28)(H,26,29)/t19-,20+/m0/s1. The van der Waals surface area contributed by atoms with Gasteiger partial charge in [0.2, 0.25) is 15.9 Å². The molecule has 2 amide bonds. The van der Waals surface area contributed by atoms with E-state index >= 15 is 0 Å². The second kappa shape index (κ2) is 14.5. The van der Waals surface area contributed by atoms with Gasteiger partial charge in [0.15, 0.2) is 0 Å². The minimum atomic E-state index is -3.70. The summed E-state index contributed by atoms with van der Waals surface area (Å²) >= 11 is 0. The Morgan fingerprint density at radius 2 is 1.82 bits per heavy atom. The predicted molar refractivity (Wildman–Crippen MR) is 129 cm³/mol. The van der Waals surface area contributed by atoms with Crippen LogP contribution >= 0.6 is 0 Å². The van der Waals surface area contributed by atoms with Crippen LogP contribution in [-0.4, -0.2) is 56.2 Å². The van der Waals surface area contributed by atoms with Crippen LogP contribution in [0.1, 0.15) is 44.7 Å². The zero-order valence-electron chi connectivity index (χ0n) is 19.7. The van der Waals surface area contributed by atoms with Gasteiger partial charge in [-0.2, -0.15) is 5.26 Å². The predicted octanol–water partition coefficient (Wildman–Crippen LogP) is 0.627. The third-order valence-electron chi connectivity index (χ3n) is 4.71. The quantitative estimate of drug-likeness (QED) is 0.110. The zero-order valence-corrected chi connectivity index (χ0v) is 20.5. The van der Waals surface area contributed by atoms with Gasteiger partial charge in [-0.05, 0) is 30.7 Å². The van der Waals surface area contributed by atoms with Crippen molar-refractivity contribution in [1.29, 1.82) is 5.26 Å². The van der Waals surface area contributed by atoms with Crippen molar-refractivity contribution >= 4 is 29.0 Å². The maximum Gasteiger partial charge on any atom is 0.453 e. The van der Waals surface area contributed by atoms with Gasteiger partial charge in [-0.1, -0.05) is 50.3 Å². The molecule has 0 spiro atoms. The zero-order chi connectivity index (χ0) is 25.7. The fourth-order valence-corrected chi connectivity index (χ4v) is 3.96. The van der Waals surface area contributed by atoms with Gasteiger partial charge in [0, 0.05) is 12.9 Å². The van der Waals surface area contributed by atoms with Gasteiger partial charge in [0.1, 0.15) is 17.7 Å². The van der Waals surface area contributed by atoms with E-state index in [1.165, 1.54) is 0 Å². The van der Waals surface area contributed by atoms with E-state index in [1.807, 2.05) is 19.9 Å². The second-order valence-corrected chi connectivity index (χ2v) is 10.1. The summed E-state index contributed by atoms with van der Waals surface area (Å²) in [5.41, 5.74) is 0.677. The average Bonchev–Trinajstić information content (AvgIpc) is 2.75. The van der Waals surface area contributed by atoms with Gasteiger partial charge in [0.05, 0.1) is 12.3 Å². The normalized spacial score (nSPS) is 13.6. The van der Waals surface area contributed by atoms with Gasteiger partial charge in [0.25, 0.3) is 5.91 Å². The number of carbonyl (C=O) groups excluding carboxylic acids is 2. The van der Waals surface area contributed by atoms with Crippen LogP contribution in [0.5, 0.6) is 0 Å². The maximum atomic E-state index is 12.9. The first-order chi connectivity index (χ1) is 15.9. The Kier molecular flexibility index (Phi) is 12.5. The number of nitriles is 1. The first kappa shape index (κ1) is 29.3. The van der Waals surface area contributed by atoms with Crippen molar-refractivity contribution in [2.24, 2.45) is 5.92 Å². The fourth-order valence-electron chi connectivity index (χ4n) is 3.22. The lowest BCUT2D eigenvalue weighted by Gasteiger charge is -2.23. The number of hydrogen-bond acceptors (Lipinski definition) is 7. The van der Waals surface area contributed by atoms with Crippen LogP contribution < -0.4 is 15.4 Å². The summed E-state index contributed by atoms with van der Waals surface area (Å²) in [5.74, 6) is -1.03. The van der Waals surface area contributed by atoms with Crippen LogP contribution in [0.2, 0.25) is 6.32 Å². The van der Waals surface area contributed by atoms with Crippen LogP contribution in [-0.2, 0) is 19.6 Å². The SMILES string of the molecule is CC(C)C=C(C#N)C(=O)NCCCC[C@H](NS(C)(=O)=O)C(=O)N[C@H](CB(O)O)c1ccccc1. The van der Waals surface area contributed by atoms with E-state index in [-0.39, 0.29) is 30.8 Å². The van der Waals surface area contributed by atoms with Gasteiger partial charge < -0.3 is 20.7 Å². The summed E-state index contributed by atoms with van der Waals surface area (Å²) in [6.45, 7) is 3.97. The number of rotatable bonds is 14. The molecule has 0 aliphatic carbocycles. The summed E-state index contributed by atoms with van der Waals surface area (Å²) in [5, 5.41) is 33.2. The Morgan fingerprint density at radius 3 is 2.35 bits per heavy atom. The third kappa shape index (κ3) is 11.9. The van der Waals surface area contributed by atoms with Gasteiger partial charge in [-0.15, -0.1) is 0 Å². The first-order valence-electron chi connectivity index (χ1n) is 11.0. The molecule has 186 valence electrons. The van der Waals surface area contributed by atoms with E-state index in [2.05, 4.69) is 15.4 Å². The number of carbonyl (C=O) groups is 2.